The molecule has 1 aliphatic carbocycles. The number of ether oxygens (including phenoxy) is 2. The van der Waals surface area contributed by atoms with Gasteiger partial charge < -0.3 is 14.8 Å². The highest BCUT2D eigenvalue weighted by molar-refractivity contribution is 7.17. The Balaban J connectivity index is 1.86. The van der Waals surface area contributed by atoms with Gasteiger partial charge in [-0.25, -0.2) is 0 Å². The maximum atomic E-state index is 12.4. The Labute approximate surface area is 140 Å². The van der Waals surface area contributed by atoms with Crippen LogP contribution < -0.4 is 10.1 Å². The van der Waals surface area contributed by atoms with Crippen molar-refractivity contribution in [2.75, 3.05) is 20.8 Å². The standard InChI is InChI=1S/C18H21NO3S/c1-11(10-21-2)19-18(20)16-9-13-5-4-12-8-14(22-3)6-7-15(12)17(13)23-16/h6-9,11H,4-5,10H2,1-3H3,(H,19,20)/t11-/m0/s1. The van der Waals surface area contributed by atoms with Crippen molar-refractivity contribution < 1.29 is 14.3 Å². The summed E-state index contributed by atoms with van der Waals surface area (Å²) < 4.78 is 10.4. The van der Waals surface area contributed by atoms with Crippen LogP contribution in [0.3, 0.4) is 0 Å². The smallest absolute Gasteiger partial charge is 0.261 e. The van der Waals surface area contributed by atoms with Gasteiger partial charge in [-0.15, -0.1) is 11.3 Å². The number of amides is 1. The second-order valence-corrected chi connectivity index (χ2v) is 6.87. The van der Waals surface area contributed by atoms with E-state index < -0.39 is 0 Å². The van der Waals surface area contributed by atoms with Gasteiger partial charge in [-0.3, -0.25) is 4.79 Å². The van der Waals surface area contributed by atoms with E-state index in [1.807, 2.05) is 19.1 Å². The van der Waals surface area contributed by atoms with Crippen LogP contribution >= 0.6 is 11.3 Å². The third-order valence-electron chi connectivity index (χ3n) is 4.05. The van der Waals surface area contributed by atoms with Gasteiger partial charge in [0.1, 0.15) is 5.75 Å². The molecule has 3 rings (SSSR count). The Bertz CT molecular complexity index is 723. The molecule has 0 aliphatic heterocycles. The number of carbonyl (C=O) groups excluding carboxylic acids is 1. The van der Waals surface area contributed by atoms with Gasteiger partial charge in [-0.05, 0) is 60.7 Å². The molecule has 1 aliphatic rings. The van der Waals surface area contributed by atoms with Gasteiger partial charge >= 0.3 is 0 Å². The SMILES string of the molecule is COC[C@H](C)NC(=O)c1cc2c(s1)-c1ccc(OC)cc1CC2. The lowest BCUT2D eigenvalue weighted by Crippen LogP contribution is -2.35. The summed E-state index contributed by atoms with van der Waals surface area (Å²) in [5.41, 5.74) is 3.77. The van der Waals surface area contributed by atoms with Crippen molar-refractivity contribution >= 4 is 17.2 Å². The molecule has 0 radical (unpaired) electrons. The number of rotatable bonds is 5. The molecule has 0 spiro atoms. The fourth-order valence-corrected chi connectivity index (χ4v) is 4.11. The van der Waals surface area contributed by atoms with E-state index in [0.29, 0.717) is 6.61 Å². The van der Waals surface area contributed by atoms with Crippen LogP contribution in [0.1, 0.15) is 27.7 Å². The van der Waals surface area contributed by atoms with Gasteiger partial charge in [-0.1, -0.05) is 0 Å². The summed E-state index contributed by atoms with van der Waals surface area (Å²) in [6.45, 7) is 2.45. The molecule has 1 heterocycles. The van der Waals surface area contributed by atoms with Crippen molar-refractivity contribution in [3.05, 3.63) is 40.3 Å². The zero-order chi connectivity index (χ0) is 16.4. The Morgan fingerprint density at radius 3 is 2.78 bits per heavy atom. The largest absolute Gasteiger partial charge is 0.497 e. The Kier molecular flexibility index (Phi) is 4.68. The van der Waals surface area contributed by atoms with Crippen LogP contribution in [0.2, 0.25) is 0 Å². The first-order valence-electron chi connectivity index (χ1n) is 7.72. The maximum Gasteiger partial charge on any atom is 0.261 e. The van der Waals surface area contributed by atoms with Crippen molar-refractivity contribution in [1.82, 2.24) is 5.32 Å². The van der Waals surface area contributed by atoms with Crippen molar-refractivity contribution in [3.8, 4) is 16.2 Å². The first kappa shape index (κ1) is 16.0. The molecule has 0 bridgehead atoms. The van der Waals surface area contributed by atoms with E-state index in [4.69, 9.17) is 9.47 Å². The van der Waals surface area contributed by atoms with Crippen molar-refractivity contribution in [3.63, 3.8) is 0 Å². The van der Waals surface area contributed by atoms with E-state index in [0.717, 1.165) is 23.5 Å². The number of carbonyl (C=O) groups is 1. The first-order valence-corrected chi connectivity index (χ1v) is 8.53. The molecular formula is C18H21NO3S. The van der Waals surface area contributed by atoms with E-state index in [1.165, 1.54) is 21.6 Å². The lowest BCUT2D eigenvalue weighted by molar-refractivity contribution is 0.0909. The summed E-state index contributed by atoms with van der Waals surface area (Å²) in [7, 11) is 3.32. The van der Waals surface area contributed by atoms with E-state index in [2.05, 4.69) is 17.4 Å². The van der Waals surface area contributed by atoms with Gasteiger partial charge in [0.05, 0.1) is 18.6 Å². The van der Waals surface area contributed by atoms with Crippen LogP contribution in [-0.4, -0.2) is 32.8 Å². The molecular weight excluding hydrogens is 310 g/mol. The van der Waals surface area contributed by atoms with Gasteiger partial charge in [-0.2, -0.15) is 0 Å². The zero-order valence-electron chi connectivity index (χ0n) is 13.6. The van der Waals surface area contributed by atoms with E-state index >= 15 is 0 Å². The monoisotopic (exact) mass is 331 g/mol. The van der Waals surface area contributed by atoms with Crippen molar-refractivity contribution in [1.29, 1.82) is 0 Å². The minimum Gasteiger partial charge on any atom is -0.497 e. The van der Waals surface area contributed by atoms with Crippen LogP contribution in [0.5, 0.6) is 5.75 Å². The second-order valence-electron chi connectivity index (χ2n) is 5.82. The average molecular weight is 331 g/mol. The Morgan fingerprint density at radius 1 is 1.26 bits per heavy atom. The fraction of sp³-hybridized carbons (Fsp3) is 0.389. The van der Waals surface area contributed by atoms with Crippen LogP contribution in [0, 0.1) is 0 Å². The lowest BCUT2D eigenvalue weighted by Gasteiger charge is -2.16. The summed E-state index contributed by atoms with van der Waals surface area (Å²) in [5.74, 6) is 0.860. The fourth-order valence-electron chi connectivity index (χ4n) is 2.94. The van der Waals surface area contributed by atoms with Gasteiger partial charge in [0.2, 0.25) is 0 Å². The number of thiophene rings is 1. The summed E-state index contributed by atoms with van der Waals surface area (Å²) in [6, 6.07) is 8.20. The molecule has 5 heteroatoms. The summed E-state index contributed by atoms with van der Waals surface area (Å²) in [4.78, 5) is 14.4. The summed E-state index contributed by atoms with van der Waals surface area (Å²) >= 11 is 1.57. The molecule has 1 atom stereocenters. The number of fused-ring (bicyclic) bond motifs is 3. The summed E-state index contributed by atoms with van der Waals surface area (Å²) in [5, 5.41) is 2.97. The Morgan fingerprint density at radius 2 is 2.04 bits per heavy atom. The number of hydrogen-bond acceptors (Lipinski definition) is 4. The molecule has 0 unspecified atom stereocenters. The predicted molar refractivity (Wildman–Crippen MR) is 92.5 cm³/mol. The van der Waals surface area contributed by atoms with Crippen molar-refractivity contribution in [2.45, 2.75) is 25.8 Å². The maximum absolute atomic E-state index is 12.4. The molecule has 23 heavy (non-hydrogen) atoms. The van der Waals surface area contributed by atoms with Crippen molar-refractivity contribution in [2.24, 2.45) is 0 Å². The number of hydrogen-bond donors (Lipinski definition) is 1. The highest BCUT2D eigenvalue weighted by Gasteiger charge is 2.22. The normalized spacial score (nSPS) is 13.9. The first-order chi connectivity index (χ1) is 11.1. The number of nitrogens with one attached hydrogen (secondary N) is 1. The molecule has 2 aromatic rings. The predicted octanol–water partition coefficient (Wildman–Crippen LogP) is 3.29. The van der Waals surface area contributed by atoms with E-state index in [1.54, 1.807) is 25.6 Å². The molecule has 4 nitrogen and oxygen atoms in total. The molecule has 1 aromatic carbocycles. The molecule has 0 saturated carbocycles. The molecule has 0 fully saturated rings. The van der Waals surface area contributed by atoms with Crippen LogP contribution in [0.25, 0.3) is 10.4 Å². The molecule has 1 amide bonds. The third kappa shape index (κ3) is 3.26. The zero-order valence-corrected chi connectivity index (χ0v) is 14.5. The Hall–Kier alpha value is -1.85. The lowest BCUT2D eigenvalue weighted by atomic mass is 9.91. The number of benzene rings is 1. The van der Waals surface area contributed by atoms with Crippen LogP contribution in [0.15, 0.2) is 24.3 Å². The second kappa shape index (κ2) is 6.72. The number of methoxy groups -OCH3 is 2. The highest BCUT2D eigenvalue weighted by atomic mass is 32.1. The molecule has 0 saturated heterocycles. The summed E-state index contributed by atoms with van der Waals surface area (Å²) in [6.07, 6.45) is 1.95. The molecule has 1 aromatic heterocycles. The van der Waals surface area contributed by atoms with Crippen LogP contribution in [0.4, 0.5) is 0 Å². The average Bonchev–Trinajstić information content (AvgIpc) is 2.99. The van der Waals surface area contributed by atoms with Gasteiger partial charge in [0, 0.05) is 18.0 Å². The van der Waals surface area contributed by atoms with E-state index in [9.17, 15) is 4.79 Å². The topological polar surface area (TPSA) is 47.6 Å². The minimum absolute atomic E-state index is 0.00294. The number of aryl methyl sites for hydroxylation is 2. The highest BCUT2D eigenvalue weighted by Crippen LogP contribution is 2.40. The molecule has 122 valence electrons. The third-order valence-corrected chi connectivity index (χ3v) is 5.26. The van der Waals surface area contributed by atoms with Crippen LogP contribution in [-0.2, 0) is 17.6 Å². The molecule has 1 N–H and O–H groups in total. The van der Waals surface area contributed by atoms with Gasteiger partial charge in [0.25, 0.3) is 5.91 Å². The van der Waals surface area contributed by atoms with E-state index in [-0.39, 0.29) is 11.9 Å². The quantitative estimate of drug-likeness (QED) is 0.914. The minimum atomic E-state index is -0.0241. The van der Waals surface area contributed by atoms with Gasteiger partial charge in [0.15, 0.2) is 0 Å².